The molecular weight excluding hydrogens is 276 g/mol. The monoisotopic (exact) mass is 304 g/mol. The number of benzene rings is 1. The number of nitrogens with zero attached hydrogens (tertiary/aromatic N) is 1. The predicted molar refractivity (Wildman–Crippen MR) is 89.5 cm³/mol. The van der Waals surface area contributed by atoms with E-state index in [0.717, 1.165) is 6.42 Å². The molecule has 0 spiro atoms. The van der Waals surface area contributed by atoms with Gasteiger partial charge >= 0.3 is 0 Å². The minimum atomic E-state index is -0.435. The van der Waals surface area contributed by atoms with Gasteiger partial charge in [-0.05, 0) is 24.8 Å². The zero-order valence-corrected chi connectivity index (χ0v) is 14.1. The lowest BCUT2D eigenvalue weighted by Crippen LogP contribution is -2.49. The van der Waals surface area contributed by atoms with E-state index in [9.17, 15) is 9.59 Å². The van der Waals surface area contributed by atoms with Gasteiger partial charge < -0.3 is 10.2 Å². The molecule has 1 aromatic rings. The van der Waals surface area contributed by atoms with Gasteiger partial charge in [0.2, 0.25) is 11.8 Å². The first kappa shape index (κ1) is 18.2. The van der Waals surface area contributed by atoms with Crippen molar-refractivity contribution in [3.8, 4) is 0 Å². The fourth-order valence-corrected chi connectivity index (χ4v) is 2.23. The van der Waals surface area contributed by atoms with Crippen LogP contribution in [-0.2, 0) is 16.0 Å². The number of rotatable bonds is 8. The lowest BCUT2D eigenvalue weighted by atomic mass is 10.1. The van der Waals surface area contributed by atoms with E-state index in [1.165, 1.54) is 5.56 Å². The van der Waals surface area contributed by atoms with E-state index in [2.05, 4.69) is 19.2 Å². The Morgan fingerprint density at radius 2 is 1.77 bits per heavy atom. The first-order chi connectivity index (χ1) is 10.5. The molecule has 0 bridgehead atoms. The van der Waals surface area contributed by atoms with Crippen molar-refractivity contribution < 1.29 is 9.59 Å². The summed E-state index contributed by atoms with van der Waals surface area (Å²) in [6.07, 6.45) is 1.17. The molecule has 1 atom stereocenters. The summed E-state index contributed by atoms with van der Waals surface area (Å²) in [4.78, 5) is 26.1. The number of hydrogen-bond acceptors (Lipinski definition) is 2. The zero-order chi connectivity index (χ0) is 16.5. The van der Waals surface area contributed by atoms with Gasteiger partial charge in [0.25, 0.3) is 0 Å². The molecule has 2 amide bonds. The first-order valence-electron chi connectivity index (χ1n) is 8.06. The minimum Gasteiger partial charge on any atom is -0.354 e. The maximum atomic E-state index is 12.2. The van der Waals surface area contributed by atoms with E-state index in [0.29, 0.717) is 25.4 Å². The highest BCUT2D eigenvalue weighted by Gasteiger charge is 2.24. The fraction of sp³-hybridized carbons (Fsp3) is 0.556. The van der Waals surface area contributed by atoms with Crippen LogP contribution in [0.15, 0.2) is 30.3 Å². The van der Waals surface area contributed by atoms with Crippen LogP contribution in [0, 0.1) is 5.92 Å². The second-order valence-electron chi connectivity index (χ2n) is 5.99. The number of amides is 2. The molecule has 0 radical (unpaired) electrons. The standard InChI is InChI=1S/C18H28N2O2/c1-5-17(21)20(12-11-16-9-7-6-8-10-16)15(4)18(22)19-13-14(2)3/h6-10,14-15H,5,11-13H2,1-4H3,(H,19,22). The quantitative estimate of drug-likeness (QED) is 0.802. The molecule has 1 unspecified atom stereocenters. The lowest BCUT2D eigenvalue weighted by Gasteiger charge is -2.28. The second-order valence-corrected chi connectivity index (χ2v) is 5.99. The molecule has 4 heteroatoms. The van der Waals surface area contributed by atoms with Crippen LogP contribution >= 0.6 is 0 Å². The predicted octanol–water partition coefficient (Wildman–Crippen LogP) is 2.63. The van der Waals surface area contributed by atoms with Crippen molar-refractivity contribution in [2.45, 2.75) is 46.6 Å². The van der Waals surface area contributed by atoms with Crippen molar-refractivity contribution in [3.63, 3.8) is 0 Å². The normalized spacial score (nSPS) is 12.0. The molecule has 22 heavy (non-hydrogen) atoms. The third kappa shape index (κ3) is 5.88. The van der Waals surface area contributed by atoms with E-state index in [-0.39, 0.29) is 11.8 Å². The average molecular weight is 304 g/mol. The van der Waals surface area contributed by atoms with E-state index in [1.54, 1.807) is 11.8 Å². The summed E-state index contributed by atoms with van der Waals surface area (Å²) in [6.45, 7) is 8.93. The molecule has 0 saturated heterocycles. The van der Waals surface area contributed by atoms with Crippen LogP contribution in [0.2, 0.25) is 0 Å². The van der Waals surface area contributed by atoms with Crippen LogP contribution in [0.3, 0.4) is 0 Å². The number of nitrogens with one attached hydrogen (secondary N) is 1. The summed E-state index contributed by atoms with van der Waals surface area (Å²) >= 11 is 0. The molecule has 0 fully saturated rings. The number of carbonyl (C=O) groups excluding carboxylic acids is 2. The summed E-state index contributed by atoms with van der Waals surface area (Å²) in [5.74, 6) is 0.336. The number of carbonyl (C=O) groups is 2. The Labute approximate surface area is 133 Å². The van der Waals surface area contributed by atoms with Gasteiger partial charge in [0.1, 0.15) is 6.04 Å². The van der Waals surface area contributed by atoms with Gasteiger partial charge in [-0.3, -0.25) is 9.59 Å². The van der Waals surface area contributed by atoms with Crippen molar-refractivity contribution >= 4 is 11.8 Å². The highest BCUT2D eigenvalue weighted by atomic mass is 16.2. The molecule has 1 N–H and O–H groups in total. The topological polar surface area (TPSA) is 49.4 Å². The summed E-state index contributed by atoms with van der Waals surface area (Å²) in [7, 11) is 0. The summed E-state index contributed by atoms with van der Waals surface area (Å²) < 4.78 is 0. The SMILES string of the molecule is CCC(=O)N(CCc1ccccc1)C(C)C(=O)NCC(C)C. The summed E-state index contributed by atoms with van der Waals surface area (Å²) in [5.41, 5.74) is 1.17. The zero-order valence-electron chi connectivity index (χ0n) is 14.1. The largest absolute Gasteiger partial charge is 0.354 e. The second kappa shape index (κ2) is 9.23. The van der Waals surface area contributed by atoms with Crippen LogP contribution in [0.5, 0.6) is 0 Å². The Bertz CT molecular complexity index is 471. The molecule has 122 valence electrons. The van der Waals surface area contributed by atoms with E-state index in [4.69, 9.17) is 0 Å². The van der Waals surface area contributed by atoms with Gasteiger partial charge in [-0.25, -0.2) is 0 Å². The van der Waals surface area contributed by atoms with Crippen molar-refractivity contribution in [2.75, 3.05) is 13.1 Å². The molecule has 1 aromatic carbocycles. The van der Waals surface area contributed by atoms with Crippen molar-refractivity contribution in [3.05, 3.63) is 35.9 Å². The summed E-state index contributed by atoms with van der Waals surface area (Å²) in [5, 5.41) is 2.91. The fourth-order valence-electron chi connectivity index (χ4n) is 2.23. The Hall–Kier alpha value is -1.84. The van der Waals surface area contributed by atoms with Crippen molar-refractivity contribution in [2.24, 2.45) is 5.92 Å². The minimum absolute atomic E-state index is 0.0168. The highest BCUT2D eigenvalue weighted by molar-refractivity contribution is 5.87. The van der Waals surface area contributed by atoms with Crippen LogP contribution < -0.4 is 5.32 Å². The third-order valence-corrected chi connectivity index (χ3v) is 3.64. The molecule has 0 aliphatic heterocycles. The van der Waals surface area contributed by atoms with Crippen LogP contribution in [0.4, 0.5) is 0 Å². The van der Waals surface area contributed by atoms with Crippen LogP contribution in [0.1, 0.15) is 39.7 Å². The van der Waals surface area contributed by atoms with Crippen LogP contribution in [-0.4, -0.2) is 35.8 Å². The summed E-state index contributed by atoms with van der Waals surface area (Å²) in [6, 6.07) is 9.59. The molecule has 4 nitrogen and oxygen atoms in total. The Morgan fingerprint density at radius 1 is 1.14 bits per heavy atom. The Kier molecular flexibility index (Phi) is 7.64. The molecule has 0 aliphatic carbocycles. The average Bonchev–Trinajstić information content (AvgIpc) is 2.53. The van der Waals surface area contributed by atoms with E-state index >= 15 is 0 Å². The number of hydrogen-bond donors (Lipinski definition) is 1. The lowest BCUT2D eigenvalue weighted by molar-refractivity contribution is -0.139. The molecular formula is C18H28N2O2. The molecule has 0 heterocycles. The molecule has 1 rings (SSSR count). The van der Waals surface area contributed by atoms with E-state index in [1.807, 2.05) is 37.3 Å². The first-order valence-corrected chi connectivity index (χ1v) is 8.06. The molecule has 0 aromatic heterocycles. The maximum absolute atomic E-state index is 12.2. The molecule has 0 aliphatic rings. The maximum Gasteiger partial charge on any atom is 0.242 e. The Morgan fingerprint density at radius 3 is 2.32 bits per heavy atom. The highest BCUT2D eigenvalue weighted by Crippen LogP contribution is 2.07. The van der Waals surface area contributed by atoms with Gasteiger partial charge in [-0.15, -0.1) is 0 Å². The van der Waals surface area contributed by atoms with Crippen molar-refractivity contribution in [1.29, 1.82) is 0 Å². The Balaban J connectivity index is 2.66. The van der Waals surface area contributed by atoms with Gasteiger partial charge in [-0.1, -0.05) is 51.1 Å². The van der Waals surface area contributed by atoms with Crippen molar-refractivity contribution in [1.82, 2.24) is 10.2 Å². The van der Waals surface area contributed by atoms with Gasteiger partial charge in [0.15, 0.2) is 0 Å². The smallest absolute Gasteiger partial charge is 0.242 e. The van der Waals surface area contributed by atoms with Gasteiger partial charge in [0, 0.05) is 19.5 Å². The van der Waals surface area contributed by atoms with E-state index < -0.39 is 6.04 Å². The molecule has 0 saturated carbocycles. The third-order valence-electron chi connectivity index (χ3n) is 3.64. The van der Waals surface area contributed by atoms with Gasteiger partial charge in [-0.2, -0.15) is 0 Å². The van der Waals surface area contributed by atoms with Crippen LogP contribution in [0.25, 0.3) is 0 Å². The van der Waals surface area contributed by atoms with Gasteiger partial charge in [0.05, 0.1) is 0 Å².